The van der Waals surface area contributed by atoms with Crippen LogP contribution in [0.15, 0.2) is 36.4 Å². The molecule has 4 rings (SSSR count). The van der Waals surface area contributed by atoms with Crippen molar-refractivity contribution in [2.24, 2.45) is 0 Å². The molecule has 0 fully saturated rings. The van der Waals surface area contributed by atoms with E-state index in [9.17, 15) is 9.59 Å². The molecule has 0 saturated carbocycles. The molecule has 0 bridgehead atoms. The van der Waals surface area contributed by atoms with Crippen LogP contribution in [0, 0.1) is 0 Å². The number of fused-ring (bicyclic) bond motifs is 3. The van der Waals surface area contributed by atoms with Crippen LogP contribution in [0.1, 0.15) is 34.5 Å². The number of benzene rings is 2. The molecule has 1 aromatic heterocycles. The van der Waals surface area contributed by atoms with Crippen LogP contribution < -0.4 is 5.32 Å². The lowest BCUT2D eigenvalue weighted by atomic mass is 9.95. The molecular weight excluding hydrogens is 409 g/mol. The Morgan fingerprint density at radius 3 is 2.52 bits per heavy atom. The lowest BCUT2D eigenvalue weighted by Crippen LogP contribution is -2.35. The molecule has 0 aliphatic heterocycles. The number of nitrogens with zero attached hydrogens (tertiary/aromatic N) is 1. The highest BCUT2D eigenvalue weighted by Crippen LogP contribution is 2.32. The van der Waals surface area contributed by atoms with Gasteiger partial charge in [0.15, 0.2) is 0 Å². The number of H-pyrrole nitrogens is 1. The summed E-state index contributed by atoms with van der Waals surface area (Å²) >= 11 is 12.2. The Labute approximate surface area is 179 Å². The van der Waals surface area contributed by atoms with E-state index in [1.807, 2.05) is 6.07 Å². The smallest absolute Gasteiger partial charge is 0.256 e. The molecule has 150 valence electrons. The number of aryl methyl sites for hydroxylation is 2. The van der Waals surface area contributed by atoms with Crippen molar-refractivity contribution >= 4 is 51.6 Å². The second kappa shape index (κ2) is 8.09. The number of carbonyl (C=O) groups is 2. The Bertz CT molecular complexity index is 1090. The summed E-state index contributed by atoms with van der Waals surface area (Å²) in [4.78, 5) is 30.4. The normalized spacial score (nSPS) is 13.2. The Hall–Kier alpha value is -2.50. The summed E-state index contributed by atoms with van der Waals surface area (Å²) in [6, 6.07) is 10.7. The first-order valence-corrected chi connectivity index (χ1v) is 10.3. The topological polar surface area (TPSA) is 65.2 Å². The summed E-state index contributed by atoms with van der Waals surface area (Å²) < 4.78 is 0. The highest BCUT2D eigenvalue weighted by Gasteiger charge is 2.22. The number of hydrogen-bond acceptors (Lipinski definition) is 2. The van der Waals surface area contributed by atoms with Crippen molar-refractivity contribution in [2.45, 2.75) is 25.7 Å². The summed E-state index contributed by atoms with van der Waals surface area (Å²) in [5.41, 5.74) is 4.31. The molecular formula is C22H21Cl2N3O2. The number of rotatable bonds is 4. The lowest BCUT2D eigenvalue weighted by Gasteiger charge is -2.18. The van der Waals surface area contributed by atoms with Crippen molar-refractivity contribution in [3.8, 4) is 0 Å². The third-order valence-corrected chi connectivity index (χ3v) is 5.95. The number of aromatic amines is 1. The number of carbonyl (C=O) groups excluding carboxylic acids is 2. The van der Waals surface area contributed by atoms with Crippen LogP contribution in [0.3, 0.4) is 0 Å². The number of amides is 2. The van der Waals surface area contributed by atoms with Crippen molar-refractivity contribution < 1.29 is 9.59 Å². The van der Waals surface area contributed by atoms with Gasteiger partial charge in [0, 0.05) is 18.1 Å². The second-order valence-electron chi connectivity index (χ2n) is 7.32. The third kappa shape index (κ3) is 3.85. The predicted octanol–water partition coefficient (Wildman–Crippen LogP) is 5.06. The van der Waals surface area contributed by atoms with Crippen molar-refractivity contribution in [1.82, 2.24) is 9.88 Å². The third-order valence-electron chi connectivity index (χ3n) is 5.32. The van der Waals surface area contributed by atoms with Gasteiger partial charge in [-0.1, -0.05) is 41.4 Å². The van der Waals surface area contributed by atoms with Gasteiger partial charge in [-0.25, -0.2) is 0 Å². The fourth-order valence-corrected chi connectivity index (χ4v) is 4.39. The Morgan fingerprint density at radius 2 is 1.76 bits per heavy atom. The molecule has 7 heteroatoms. The standard InChI is InChI=1S/C22H21Cl2N3O2/c1-27(12-19(28)26-21-16(23)9-5-10-17(21)24)22(29)15-8-4-7-14-13-6-2-3-11-18(13)25-20(14)15/h4-5,7-10,25H,2-3,6,11-12H2,1H3,(H,26,28). The van der Waals surface area contributed by atoms with E-state index in [1.54, 1.807) is 31.3 Å². The van der Waals surface area contributed by atoms with Crippen LogP contribution in [0.2, 0.25) is 10.0 Å². The lowest BCUT2D eigenvalue weighted by molar-refractivity contribution is -0.116. The van der Waals surface area contributed by atoms with E-state index in [0.717, 1.165) is 30.2 Å². The van der Waals surface area contributed by atoms with Gasteiger partial charge in [-0.05, 0) is 49.4 Å². The van der Waals surface area contributed by atoms with Crippen LogP contribution in [0.5, 0.6) is 0 Å². The minimum Gasteiger partial charge on any atom is -0.358 e. The molecule has 2 N–H and O–H groups in total. The summed E-state index contributed by atoms with van der Waals surface area (Å²) in [6.45, 7) is -0.114. The number of nitrogens with one attached hydrogen (secondary N) is 2. The van der Waals surface area contributed by atoms with Gasteiger partial charge >= 0.3 is 0 Å². The van der Waals surface area contributed by atoms with E-state index < -0.39 is 0 Å². The summed E-state index contributed by atoms with van der Waals surface area (Å²) in [5, 5.41) is 4.49. The molecule has 3 aromatic rings. The van der Waals surface area contributed by atoms with Crippen LogP contribution in [0.25, 0.3) is 10.9 Å². The van der Waals surface area contributed by atoms with Gasteiger partial charge in [0.25, 0.3) is 5.91 Å². The fourth-order valence-electron chi connectivity index (χ4n) is 3.90. The zero-order valence-electron chi connectivity index (χ0n) is 16.0. The Morgan fingerprint density at radius 1 is 1.07 bits per heavy atom. The van der Waals surface area contributed by atoms with Gasteiger partial charge in [0.1, 0.15) is 0 Å². The predicted molar refractivity (Wildman–Crippen MR) is 117 cm³/mol. The SMILES string of the molecule is CN(CC(=O)Nc1c(Cl)cccc1Cl)C(=O)c1cccc2c3c([nH]c12)CCCC3. The highest BCUT2D eigenvalue weighted by atomic mass is 35.5. The Balaban J connectivity index is 1.54. The minimum absolute atomic E-state index is 0.114. The number of anilines is 1. The number of halogens is 2. The second-order valence-corrected chi connectivity index (χ2v) is 8.14. The monoisotopic (exact) mass is 429 g/mol. The molecule has 0 atom stereocenters. The largest absolute Gasteiger partial charge is 0.358 e. The summed E-state index contributed by atoms with van der Waals surface area (Å²) in [6.07, 6.45) is 4.37. The van der Waals surface area contributed by atoms with Gasteiger partial charge in [-0.2, -0.15) is 0 Å². The number of likely N-dealkylation sites (N-methyl/N-ethyl adjacent to an activating group) is 1. The molecule has 2 amide bonds. The number of hydrogen-bond donors (Lipinski definition) is 2. The van der Waals surface area contributed by atoms with Crippen molar-refractivity contribution in [3.63, 3.8) is 0 Å². The van der Waals surface area contributed by atoms with E-state index in [4.69, 9.17) is 23.2 Å². The molecule has 5 nitrogen and oxygen atoms in total. The summed E-state index contributed by atoms with van der Waals surface area (Å²) in [7, 11) is 1.61. The first-order chi connectivity index (χ1) is 14.0. The molecule has 1 heterocycles. The van der Waals surface area contributed by atoms with Gasteiger partial charge in [-0.3, -0.25) is 9.59 Å². The van der Waals surface area contributed by atoms with Gasteiger partial charge in [0.2, 0.25) is 5.91 Å². The van der Waals surface area contributed by atoms with E-state index >= 15 is 0 Å². The first-order valence-electron chi connectivity index (χ1n) is 9.57. The maximum atomic E-state index is 13.1. The molecule has 0 radical (unpaired) electrons. The quantitative estimate of drug-likeness (QED) is 0.608. The van der Waals surface area contributed by atoms with Gasteiger partial charge in [-0.15, -0.1) is 0 Å². The number of para-hydroxylation sites is 2. The highest BCUT2D eigenvalue weighted by molar-refractivity contribution is 6.39. The average Bonchev–Trinajstić information content (AvgIpc) is 3.09. The van der Waals surface area contributed by atoms with E-state index in [0.29, 0.717) is 21.3 Å². The maximum Gasteiger partial charge on any atom is 0.256 e. The Kier molecular flexibility index (Phi) is 5.52. The molecule has 1 aliphatic carbocycles. The van der Waals surface area contributed by atoms with Crippen molar-refractivity contribution in [1.29, 1.82) is 0 Å². The minimum atomic E-state index is -0.367. The van der Waals surface area contributed by atoms with Gasteiger partial charge in [0.05, 0.1) is 33.4 Å². The van der Waals surface area contributed by atoms with Gasteiger partial charge < -0.3 is 15.2 Å². The van der Waals surface area contributed by atoms with E-state index in [-0.39, 0.29) is 18.4 Å². The van der Waals surface area contributed by atoms with Crippen LogP contribution in [-0.2, 0) is 17.6 Å². The fraction of sp³-hybridized carbons (Fsp3) is 0.273. The molecule has 0 spiro atoms. The van der Waals surface area contributed by atoms with Crippen molar-refractivity contribution in [2.75, 3.05) is 18.9 Å². The van der Waals surface area contributed by atoms with Crippen molar-refractivity contribution in [3.05, 3.63) is 63.3 Å². The van der Waals surface area contributed by atoms with Crippen LogP contribution in [0.4, 0.5) is 5.69 Å². The van der Waals surface area contributed by atoms with E-state index in [1.165, 1.54) is 22.6 Å². The van der Waals surface area contributed by atoms with E-state index in [2.05, 4.69) is 16.4 Å². The molecule has 1 aliphatic rings. The zero-order valence-corrected chi connectivity index (χ0v) is 17.5. The summed E-state index contributed by atoms with van der Waals surface area (Å²) in [5.74, 6) is -0.580. The first kappa shape index (κ1) is 19.8. The zero-order chi connectivity index (χ0) is 20.5. The molecule has 0 unspecified atom stereocenters. The van der Waals surface area contributed by atoms with Crippen LogP contribution >= 0.6 is 23.2 Å². The maximum absolute atomic E-state index is 13.1. The molecule has 0 saturated heterocycles. The molecule has 29 heavy (non-hydrogen) atoms. The molecule has 2 aromatic carbocycles. The average molecular weight is 430 g/mol. The van der Waals surface area contributed by atoms with Crippen LogP contribution in [-0.4, -0.2) is 35.3 Å². The number of aromatic nitrogens is 1.